The van der Waals surface area contributed by atoms with Crippen LogP contribution in [0.2, 0.25) is 0 Å². The van der Waals surface area contributed by atoms with Gasteiger partial charge in [-0.3, -0.25) is 4.79 Å². The standard InChI is InChI=1S/C17H23NO4/c1-22-15(13-10-6-3-7-11-13)16(19)18-14(17(20)21)12-8-4-2-5-9-12/h3,6-7,10-12,14-15H,2,4-5,8-9H2,1H3,(H,18,19)(H,20,21)/t14-,15-/m0/s1. The van der Waals surface area contributed by atoms with E-state index in [4.69, 9.17) is 4.74 Å². The van der Waals surface area contributed by atoms with E-state index in [9.17, 15) is 14.7 Å². The number of rotatable bonds is 6. The zero-order valence-electron chi connectivity index (χ0n) is 12.8. The number of carboxylic acid groups (broad SMARTS) is 1. The first kappa shape index (κ1) is 16.5. The SMILES string of the molecule is CO[C@H](C(=O)N[C@H](C(=O)O)C1CCCCC1)c1ccccc1. The molecule has 120 valence electrons. The second-order valence-corrected chi connectivity index (χ2v) is 5.75. The molecule has 2 N–H and O–H groups in total. The normalized spacial score (nSPS) is 18.4. The lowest BCUT2D eigenvalue weighted by molar-refractivity contribution is -0.146. The van der Waals surface area contributed by atoms with Crippen LogP contribution in [-0.2, 0) is 14.3 Å². The zero-order chi connectivity index (χ0) is 15.9. The van der Waals surface area contributed by atoms with Gasteiger partial charge in [0, 0.05) is 7.11 Å². The first-order valence-corrected chi connectivity index (χ1v) is 7.74. The van der Waals surface area contributed by atoms with Gasteiger partial charge in [0.1, 0.15) is 6.04 Å². The Morgan fingerprint density at radius 1 is 1.18 bits per heavy atom. The molecule has 0 spiro atoms. The van der Waals surface area contributed by atoms with Crippen molar-refractivity contribution < 1.29 is 19.4 Å². The van der Waals surface area contributed by atoms with Crippen molar-refractivity contribution in [3.8, 4) is 0 Å². The Balaban J connectivity index is 2.07. The number of aliphatic carboxylic acids is 1. The number of hydrogen-bond donors (Lipinski definition) is 2. The first-order valence-electron chi connectivity index (χ1n) is 7.74. The van der Waals surface area contributed by atoms with Gasteiger partial charge < -0.3 is 15.2 Å². The second-order valence-electron chi connectivity index (χ2n) is 5.75. The van der Waals surface area contributed by atoms with Crippen molar-refractivity contribution in [3.05, 3.63) is 35.9 Å². The van der Waals surface area contributed by atoms with Gasteiger partial charge in [0.25, 0.3) is 5.91 Å². The van der Waals surface area contributed by atoms with E-state index >= 15 is 0 Å². The Labute approximate surface area is 130 Å². The monoisotopic (exact) mass is 305 g/mol. The van der Waals surface area contributed by atoms with E-state index in [0.717, 1.165) is 37.7 Å². The third kappa shape index (κ3) is 4.07. The fourth-order valence-electron chi connectivity index (χ4n) is 3.10. The average molecular weight is 305 g/mol. The van der Waals surface area contributed by atoms with Gasteiger partial charge in [-0.25, -0.2) is 4.79 Å². The van der Waals surface area contributed by atoms with Crippen LogP contribution in [0.25, 0.3) is 0 Å². The van der Waals surface area contributed by atoms with Gasteiger partial charge in [0.2, 0.25) is 0 Å². The van der Waals surface area contributed by atoms with E-state index in [0.29, 0.717) is 0 Å². The third-order valence-electron chi connectivity index (χ3n) is 4.26. The maximum absolute atomic E-state index is 12.4. The number of ether oxygens (including phenoxy) is 1. The number of carbonyl (C=O) groups excluding carboxylic acids is 1. The summed E-state index contributed by atoms with van der Waals surface area (Å²) in [5, 5.41) is 12.1. The predicted molar refractivity (Wildman–Crippen MR) is 82.3 cm³/mol. The molecule has 0 bridgehead atoms. The maximum Gasteiger partial charge on any atom is 0.326 e. The van der Waals surface area contributed by atoms with Crippen molar-refractivity contribution in [2.45, 2.75) is 44.2 Å². The maximum atomic E-state index is 12.4. The van der Waals surface area contributed by atoms with Crippen molar-refractivity contribution in [1.82, 2.24) is 5.32 Å². The van der Waals surface area contributed by atoms with Crippen molar-refractivity contribution in [1.29, 1.82) is 0 Å². The summed E-state index contributed by atoms with van der Waals surface area (Å²) in [6, 6.07) is 8.26. The van der Waals surface area contributed by atoms with E-state index in [1.807, 2.05) is 18.2 Å². The zero-order valence-corrected chi connectivity index (χ0v) is 12.8. The predicted octanol–water partition coefficient (Wildman–Crippen LogP) is 2.52. The molecule has 1 aliphatic carbocycles. The lowest BCUT2D eigenvalue weighted by Crippen LogP contribution is -2.48. The van der Waals surface area contributed by atoms with Crippen LogP contribution in [0.15, 0.2) is 30.3 Å². The molecule has 1 amide bonds. The quantitative estimate of drug-likeness (QED) is 0.847. The molecule has 0 unspecified atom stereocenters. The van der Waals surface area contributed by atoms with Crippen molar-refractivity contribution in [3.63, 3.8) is 0 Å². The smallest absolute Gasteiger partial charge is 0.326 e. The molecule has 2 atom stereocenters. The van der Waals surface area contributed by atoms with E-state index in [-0.39, 0.29) is 5.92 Å². The fraction of sp³-hybridized carbons (Fsp3) is 0.529. The summed E-state index contributed by atoms with van der Waals surface area (Å²) >= 11 is 0. The molecule has 5 heteroatoms. The highest BCUT2D eigenvalue weighted by Crippen LogP contribution is 2.27. The summed E-state index contributed by atoms with van der Waals surface area (Å²) in [5.41, 5.74) is 0.718. The number of amides is 1. The minimum Gasteiger partial charge on any atom is -0.480 e. The van der Waals surface area contributed by atoms with Crippen LogP contribution < -0.4 is 5.32 Å². The summed E-state index contributed by atoms with van der Waals surface area (Å²) in [7, 11) is 1.45. The summed E-state index contributed by atoms with van der Waals surface area (Å²) in [6.45, 7) is 0. The molecular formula is C17H23NO4. The minimum atomic E-state index is -0.969. The third-order valence-corrected chi connectivity index (χ3v) is 4.26. The van der Waals surface area contributed by atoms with Gasteiger partial charge in [-0.05, 0) is 24.3 Å². The molecule has 1 saturated carbocycles. The Morgan fingerprint density at radius 3 is 2.36 bits per heavy atom. The van der Waals surface area contributed by atoms with Crippen LogP contribution in [0.5, 0.6) is 0 Å². The Hall–Kier alpha value is -1.88. The largest absolute Gasteiger partial charge is 0.480 e. The van der Waals surface area contributed by atoms with Gasteiger partial charge in [-0.2, -0.15) is 0 Å². The lowest BCUT2D eigenvalue weighted by atomic mass is 9.83. The highest BCUT2D eigenvalue weighted by molar-refractivity contribution is 5.87. The number of hydrogen-bond acceptors (Lipinski definition) is 3. The van der Waals surface area contributed by atoms with E-state index < -0.39 is 24.0 Å². The van der Waals surface area contributed by atoms with Crippen LogP contribution in [-0.4, -0.2) is 30.1 Å². The van der Waals surface area contributed by atoms with Gasteiger partial charge in [0.05, 0.1) is 0 Å². The Kier molecular flexibility index (Phi) is 5.95. The molecule has 1 aromatic carbocycles. The highest BCUT2D eigenvalue weighted by Gasteiger charge is 2.33. The summed E-state index contributed by atoms with van der Waals surface area (Å²) in [6.07, 6.45) is 4.10. The number of carboxylic acids is 1. The van der Waals surface area contributed by atoms with Crippen LogP contribution in [0.3, 0.4) is 0 Å². The van der Waals surface area contributed by atoms with E-state index in [1.165, 1.54) is 7.11 Å². The Bertz CT molecular complexity index is 497. The minimum absolute atomic E-state index is 0.00322. The molecule has 22 heavy (non-hydrogen) atoms. The molecule has 0 saturated heterocycles. The first-order chi connectivity index (χ1) is 10.6. The van der Waals surface area contributed by atoms with Gasteiger partial charge in [0.15, 0.2) is 6.10 Å². The Morgan fingerprint density at radius 2 is 1.82 bits per heavy atom. The number of benzene rings is 1. The molecule has 0 heterocycles. The average Bonchev–Trinajstić information content (AvgIpc) is 2.55. The van der Waals surface area contributed by atoms with Gasteiger partial charge >= 0.3 is 5.97 Å². The van der Waals surface area contributed by atoms with E-state index in [1.54, 1.807) is 12.1 Å². The molecule has 1 aliphatic rings. The van der Waals surface area contributed by atoms with E-state index in [2.05, 4.69) is 5.32 Å². The number of methoxy groups -OCH3 is 1. The van der Waals surface area contributed by atoms with Crippen molar-refractivity contribution in [2.24, 2.45) is 5.92 Å². The number of carbonyl (C=O) groups is 2. The molecule has 2 rings (SSSR count). The molecule has 1 fully saturated rings. The molecule has 1 aromatic rings. The molecule has 0 aliphatic heterocycles. The summed E-state index contributed by atoms with van der Waals surface area (Å²) < 4.78 is 5.26. The lowest BCUT2D eigenvalue weighted by Gasteiger charge is -2.29. The van der Waals surface area contributed by atoms with Gasteiger partial charge in [-0.15, -0.1) is 0 Å². The molecule has 0 radical (unpaired) electrons. The topological polar surface area (TPSA) is 75.6 Å². The second kappa shape index (κ2) is 7.94. The number of nitrogens with one attached hydrogen (secondary N) is 1. The molecular weight excluding hydrogens is 282 g/mol. The van der Waals surface area contributed by atoms with Crippen LogP contribution in [0.1, 0.15) is 43.8 Å². The molecule has 5 nitrogen and oxygen atoms in total. The summed E-state index contributed by atoms with van der Waals surface area (Å²) in [4.78, 5) is 24.0. The van der Waals surface area contributed by atoms with Crippen LogP contribution in [0, 0.1) is 5.92 Å². The highest BCUT2D eigenvalue weighted by atomic mass is 16.5. The van der Waals surface area contributed by atoms with Crippen LogP contribution in [0.4, 0.5) is 0 Å². The van der Waals surface area contributed by atoms with Gasteiger partial charge in [-0.1, -0.05) is 49.6 Å². The van der Waals surface area contributed by atoms with Crippen molar-refractivity contribution in [2.75, 3.05) is 7.11 Å². The molecule has 0 aromatic heterocycles. The fourth-order valence-corrected chi connectivity index (χ4v) is 3.10. The van der Waals surface area contributed by atoms with Crippen LogP contribution >= 0.6 is 0 Å². The van der Waals surface area contributed by atoms with Crippen molar-refractivity contribution >= 4 is 11.9 Å². The summed E-state index contributed by atoms with van der Waals surface area (Å²) in [5.74, 6) is -1.36.